The van der Waals surface area contributed by atoms with E-state index in [1.807, 2.05) is 18.2 Å². The topological polar surface area (TPSA) is 34.4 Å². The first-order valence-corrected chi connectivity index (χ1v) is 12.6. The third kappa shape index (κ3) is 3.12. The zero-order valence-electron chi connectivity index (χ0n) is 20.5. The Hall–Kier alpha value is -4.24. The van der Waals surface area contributed by atoms with Gasteiger partial charge in [0, 0.05) is 16.2 Å². The van der Waals surface area contributed by atoms with Crippen molar-refractivity contribution in [3.05, 3.63) is 119 Å². The second-order valence-electron chi connectivity index (χ2n) is 10.6. The highest BCUT2D eigenvalue weighted by molar-refractivity contribution is 6.15. The van der Waals surface area contributed by atoms with E-state index in [1.54, 1.807) is 4.40 Å². The van der Waals surface area contributed by atoms with Gasteiger partial charge in [0.25, 0.3) is 5.56 Å². The van der Waals surface area contributed by atoms with Crippen LogP contribution in [0.2, 0.25) is 0 Å². The van der Waals surface area contributed by atoms with Crippen LogP contribution in [-0.4, -0.2) is 9.38 Å². The van der Waals surface area contributed by atoms with Gasteiger partial charge in [0.1, 0.15) is 5.65 Å². The SMILES string of the molecule is CC(C)(CCc1ccc2cc3c(cc2c1)nc1c2cccc4cccc(c(=O)n31)c42)c1ccccc1. The summed E-state index contributed by atoms with van der Waals surface area (Å²) >= 11 is 0. The third-order valence-corrected chi connectivity index (χ3v) is 7.85. The Morgan fingerprint density at radius 1 is 0.750 bits per heavy atom. The summed E-state index contributed by atoms with van der Waals surface area (Å²) in [7, 11) is 0. The molecule has 0 amide bonds. The van der Waals surface area contributed by atoms with Crippen LogP contribution in [0.4, 0.5) is 0 Å². The van der Waals surface area contributed by atoms with Crippen LogP contribution in [0, 0.1) is 0 Å². The second-order valence-corrected chi connectivity index (χ2v) is 10.6. The van der Waals surface area contributed by atoms with Crippen LogP contribution in [0.15, 0.2) is 102 Å². The molecule has 0 fully saturated rings. The highest BCUT2D eigenvalue weighted by Gasteiger charge is 2.20. The fraction of sp³-hybridized carbons (Fsp3) is 0.152. The number of nitrogens with zero attached hydrogens (tertiary/aromatic N) is 2. The van der Waals surface area contributed by atoms with Gasteiger partial charge in [-0.25, -0.2) is 4.98 Å². The molecule has 2 aromatic heterocycles. The van der Waals surface area contributed by atoms with Crippen molar-refractivity contribution in [3.63, 3.8) is 0 Å². The van der Waals surface area contributed by atoms with Crippen molar-refractivity contribution >= 4 is 49.0 Å². The number of pyridine rings is 1. The molecule has 174 valence electrons. The summed E-state index contributed by atoms with van der Waals surface area (Å²) in [5, 5.41) is 6.13. The zero-order valence-corrected chi connectivity index (χ0v) is 20.5. The molecule has 0 radical (unpaired) electrons. The number of imidazole rings is 1. The molecule has 0 saturated carbocycles. The Bertz CT molecular complexity index is 1980. The monoisotopic (exact) mass is 466 g/mol. The molecule has 36 heavy (non-hydrogen) atoms. The lowest BCUT2D eigenvalue weighted by atomic mass is 9.79. The molecular weight excluding hydrogens is 440 g/mol. The predicted octanol–water partition coefficient (Wildman–Crippen LogP) is 7.66. The summed E-state index contributed by atoms with van der Waals surface area (Å²) in [6.45, 7) is 4.64. The van der Waals surface area contributed by atoms with Gasteiger partial charge in [-0.3, -0.25) is 9.20 Å². The lowest BCUT2D eigenvalue weighted by Crippen LogP contribution is -2.17. The highest BCUT2D eigenvalue weighted by Crippen LogP contribution is 2.32. The minimum absolute atomic E-state index is 0.00378. The van der Waals surface area contributed by atoms with Crippen molar-refractivity contribution in [2.24, 2.45) is 0 Å². The number of fused-ring (bicyclic) bond motifs is 5. The second kappa shape index (κ2) is 7.63. The molecule has 3 heteroatoms. The lowest BCUT2D eigenvalue weighted by molar-refractivity contribution is 0.480. The lowest BCUT2D eigenvalue weighted by Gasteiger charge is -2.25. The Labute approximate surface area is 209 Å². The summed E-state index contributed by atoms with van der Waals surface area (Å²) in [5.41, 5.74) is 5.26. The number of rotatable bonds is 4. The van der Waals surface area contributed by atoms with Crippen LogP contribution in [0.5, 0.6) is 0 Å². The van der Waals surface area contributed by atoms with Crippen molar-refractivity contribution in [2.45, 2.75) is 32.1 Å². The normalized spacial score (nSPS) is 12.5. The van der Waals surface area contributed by atoms with Gasteiger partial charge in [-0.05, 0) is 63.7 Å². The number of aryl methyl sites for hydroxylation is 1. The minimum atomic E-state index is -0.00378. The molecule has 0 aliphatic rings. The van der Waals surface area contributed by atoms with E-state index < -0.39 is 0 Å². The Morgan fingerprint density at radius 2 is 1.53 bits per heavy atom. The fourth-order valence-electron chi connectivity index (χ4n) is 5.73. The summed E-state index contributed by atoms with van der Waals surface area (Å²) in [6.07, 6.45) is 2.08. The molecule has 0 aliphatic carbocycles. The average Bonchev–Trinajstić information content (AvgIpc) is 3.28. The summed E-state index contributed by atoms with van der Waals surface area (Å²) in [4.78, 5) is 18.6. The summed E-state index contributed by atoms with van der Waals surface area (Å²) in [5.74, 6) is 0. The van der Waals surface area contributed by atoms with E-state index in [0.29, 0.717) is 0 Å². The molecule has 0 saturated heterocycles. The molecule has 7 rings (SSSR count). The Morgan fingerprint density at radius 3 is 2.33 bits per heavy atom. The van der Waals surface area contributed by atoms with Crippen LogP contribution in [-0.2, 0) is 11.8 Å². The number of hydrogen-bond acceptors (Lipinski definition) is 2. The van der Waals surface area contributed by atoms with E-state index in [2.05, 4.69) is 92.7 Å². The number of hydrogen-bond donors (Lipinski definition) is 0. The highest BCUT2D eigenvalue weighted by atomic mass is 16.1. The first-order chi connectivity index (χ1) is 17.5. The molecule has 2 heterocycles. The molecule has 5 aromatic carbocycles. The van der Waals surface area contributed by atoms with Gasteiger partial charge in [0.05, 0.1) is 11.0 Å². The predicted molar refractivity (Wildman–Crippen MR) is 150 cm³/mol. The van der Waals surface area contributed by atoms with Crippen LogP contribution in [0.3, 0.4) is 0 Å². The first-order valence-electron chi connectivity index (χ1n) is 12.6. The van der Waals surface area contributed by atoms with Gasteiger partial charge in [0.2, 0.25) is 0 Å². The van der Waals surface area contributed by atoms with Crippen molar-refractivity contribution in [1.82, 2.24) is 9.38 Å². The van der Waals surface area contributed by atoms with Crippen LogP contribution >= 0.6 is 0 Å². The van der Waals surface area contributed by atoms with E-state index in [0.717, 1.165) is 61.8 Å². The van der Waals surface area contributed by atoms with E-state index in [4.69, 9.17) is 4.98 Å². The largest absolute Gasteiger partial charge is 0.268 e. The fourth-order valence-corrected chi connectivity index (χ4v) is 5.73. The summed E-state index contributed by atoms with van der Waals surface area (Å²) < 4.78 is 1.79. The van der Waals surface area contributed by atoms with Gasteiger partial charge in [-0.1, -0.05) is 92.7 Å². The number of aromatic nitrogens is 2. The maximum atomic E-state index is 13.6. The molecule has 7 aromatic rings. The quantitative estimate of drug-likeness (QED) is 0.267. The van der Waals surface area contributed by atoms with Crippen LogP contribution < -0.4 is 5.56 Å². The number of benzene rings is 5. The van der Waals surface area contributed by atoms with Gasteiger partial charge < -0.3 is 0 Å². The van der Waals surface area contributed by atoms with Gasteiger partial charge in [0.15, 0.2) is 0 Å². The smallest absolute Gasteiger partial charge is 0.264 e. The third-order valence-electron chi connectivity index (χ3n) is 7.85. The average molecular weight is 467 g/mol. The molecular formula is C33H26N2O. The van der Waals surface area contributed by atoms with Crippen LogP contribution in [0.1, 0.15) is 31.4 Å². The van der Waals surface area contributed by atoms with Crippen LogP contribution in [0.25, 0.3) is 49.0 Å². The molecule has 0 N–H and O–H groups in total. The maximum absolute atomic E-state index is 13.6. The van der Waals surface area contributed by atoms with E-state index in [-0.39, 0.29) is 11.0 Å². The molecule has 0 spiro atoms. The standard InChI is InChI=1S/C33H26N2O/c1-33(2,25-10-4-3-5-11-25)17-16-21-14-15-23-20-29-28(19-24(23)18-21)34-31-26-12-6-8-22-9-7-13-27(30(22)26)32(36)35(29)31/h3-15,18-20H,16-17H2,1-2H3. The molecule has 0 aliphatic heterocycles. The van der Waals surface area contributed by atoms with E-state index in [1.165, 1.54) is 11.1 Å². The first kappa shape index (κ1) is 21.1. The maximum Gasteiger partial charge on any atom is 0.264 e. The van der Waals surface area contributed by atoms with Crippen molar-refractivity contribution in [2.75, 3.05) is 0 Å². The molecule has 0 bridgehead atoms. The molecule has 3 nitrogen and oxygen atoms in total. The van der Waals surface area contributed by atoms with Crippen molar-refractivity contribution in [3.8, 4) is 0 Å². The molecule has 0 unspecified atom stereocenters. The van der Waals surface area contributed by atoms with E-state index >= 15 is 0 Å². The van der Waals surface area contributed by atoms with Gasteiger partial charge in [-0.15, -0.1) is 0 Å². The van der Waals surface area contributed by atoms with E-state index in [9.17, 15) is 4.79 Å². The Balaban J connectivity index is 1.35. The van der Waals surface area contributed by atoms with Gasteiger partial charge >= 0.3 is 0 Å². The Kier molecular flexibility index (Phi) is 4.47. The minimum Gasteiger partial charge on any atom is -0.268 e. The van der Waals surface area contributed by atoms with Crippen molar-refractivity contribution < 1.29 is 0 Å². The molecule has 0 atom stereocenters. The summed E-state index contributed by atoms with van der Waals surface area (Å²) in [6, 6.07) is 33.8. The van der Waals surface area contributed by atoms with Gasteiger partial charge in [-0.2, -0.15) is 0 Å². The van der Waals surface area contributed by atoms with Crippen molar-refractivity contribution in [1.29, 1.82) is 0 Å². The zero-order chi connectivity index (χ0) is 24.4.